The van der Waals surface area contributed by atoms with E-state index in [9.17, 15) is 14.7 Å². The van der Waals surface area contributed by atoms with Gasteiger partial charge < -0.3 is 10.4 Å². The molecular weight excluding hydrogens is 256 g/mol. The van der Waals surface area contributed by atoms with Crippen LogP contribution in [-0.4, -0.2) is 29.1 Å². The highest BCUT2D eigenvalue weighted by Crippen LogP contribution is 2.14. The van der Waals surface area contributed by atoms with Crippen molar-refractivity contribution in [2.45, 2.75) is 39.2 Å². The summed E-state index contributed by atoms with van der Waals surface area (Å²) < 4.78 is 0. The van der Waals surface area contributed by atoms with Crippen molar-refractivity contribution in [3.05, 3.63) is 29.8 Å². The van der Waals surface area contributed by atoms with E-state index in [4.69, 9.17) is 0 Å². The third kappa shape index (κ3) is 4.35. The van der Waals surface area contributed by atoms with Crippen LogP contribution in [0.1, 0.15) is 32.3 Å². The van der Waals surface area contributed by atoms with E-state index in [1.54, 1.807) is 6.92 Å². The predicted octanol–water partition coefficient (Wildman–Crippen LogP) is 2.17. The number of carbonyl (C=O) groups is 2. The Hall–Kier alpha value is -1.88. The quantitative estimate of drug-likeness (QED) is 0.714. The van der Waals surface area contributed by atoms with Gasteiger partial charge in [0.2, 0.25) is 5.91 Å². The molecule has 0 bridgehead atoms. The van der Waals surface area contributed by atoms with Crippen LogP contribution in [0.4, 0.5) is 5.69 Å². The Balaban J connectivity index is 2.59. The molecule has 0 aliphatic carbocycles. The molecule has 0 aliphatic rings. The van der Waals surface area contributed by atoms with Gasteiger partial charge in [0.05, 0.1) is 6.54 Å². The molecular formula is C15H22N2O3. The zero-order valence-electron chi connectivity index (χ0n) is 12.2. The van der Waals surface area contributed by atoms with Crippen LogP contribution in [0.2, 0.25) is 0 Å². The van der Waals surface area contributed by atoms with E-state index in [2.05, 4.69) is 10.6 Å². The fraction of sp³-hybridized carbons (Fsp3) is 0.467. The first-order valence-electron chi connectivity index (χ1n) is 6.73. The molecule has 1 rings (SSSR count). The summed E-state index contributed by atoms with van der Waals surface area (Å²) in [6.45, 7) is 5.38. The van der Waals surface area contributed by atoms with Gasteiger partial charge in [0.15, 0.2) is 0 Å². The van der Waals surface area contributed by atoms with E-state index in [0.717, 1.165) is 17.7 Å². The van der Waals surface area contributed by atoms with Crippen LogP contribution in [-0.2, 0) is 9.59 Å². The number of carboxylic acid groups (broad SMARTS) is 1. The van der Waals surface area contributed by atoms with Crippen LogP contribution < -0.4 is 10.6 Å². The van der Waals surface area contributed by atoms with Crippen molar-refractivity contribution < 1.29 is 14.7 Å². The van der Waals surface area contributed by atoms with Gasteiger partial charge >= 0.3 is 5.97 Å². The topological polar surface area (TPSA) is 78.4 Å². The Morgan fingerprint density at radius 2 is 1.95 bits per heavy atom. The van der Waals surface area contributed by atoms with Gasteiger partial charge in [0.25, 0.3) is 0 Å². The zero-order chi connectivity index (χ0) is 15.2. The van der Waals surface area contributed by atoms with Gasteiger partial charge in [-0.05, 0) is 31.9 Å². The number of aryl methyl sites for hydroxylation is 1. The normalized spacial score (nSPS) is 13.6. The fourth-order valence-corrected chi connectivity index (χ4v) is 1.95. The van der Waals surface area contributed by atoms with Crippen molar-refractivity contribution in [2.75, 3.05) is 11.9 Å². The van der Waals surface area contributed by atoms with Crippen molar-refractivity contribution in [1.29, 1.82) is 0 Å². The first-order chi connectivity index (χ1) is 9.39. The molecule has 0 heterocycles. The van der Waals surface area contributed by atoms with E-state index in [0.29, 0.717) is 6.42 Å². The second kappa shape index (κ2) is 7.05. The molecule has 1 unspecified atom stereocenters. The van der Waals surface area contributed by atoms with Gasteiger partial charge in [-0.15, -0.1) is 0 Å². The number of para-hydroxylation sites is 1. The monoisotopic (exact) mass is 278 g/mol. The van der Waals surface area contributed by atoms with Crippen LogP contribution in [0.15, 0.2) is 24.3 Å². The largest absolute Gasteiger partial charge is 0.480 e. The molecule has 0 fully saturated rings. The molecule has 1 amide bonds. The summed E-state index contributed by atoms with van der Waals surface area (Å²) in [6.07, 6.45) is 1.20. The molecule has 0 saturated carbocycles. The van der Waals surface area contributed by atoms with Gasteiger partial charge in [-0.25, -0.2) is 0 Å². The number of anilines is 1. The van der Waals surface area contributed by atoms with Gasteiger partial charge in [0, 0.05) is 5.69 Å². The number of benzene rings is 1. The molecule has 5 nitrogen and oxygen atoms in total. The molecule has 0 saturated heterocycles. The number of amides is 1. The maximum atomic E-state index is 11.9. The highest BCUT2D eigenvalue weighted by atomic mass is 16.4. The number of carbonyl (C=O) groups excluding carboxylic acids is 1. The van der Waals surface area contributed by atoms with E-state index in [1.165, 1.54) is 0 Å². The highest BCUT2D eigenvalue weighted by Gasteiger charge is 2.31. The third-order valence-corrected chi connectivity index (χ3v) is 3.28. The van der Waals surface area contributed by atoms with Crippen molar-refractivity contribution in [3.63, 3.8) is 0 Å². The molecule has 0 aliphatic heterocycles. The van der Waals surface area contributed by atoms with Gasteiger partial charge in [-0.2, -0.15) is 0 Å². The van der Waals surface area contributed by atoms with Gasteiger partial charge in [-0.1, -0.05) is 31.5 Å². The first-order valence-corrected chi connectivity index (χ1v) is 6.73. The number of aliphatic carboxylic acids is 1. The smallest absolute Gasteiger partial charge is 0.323 e. The summed E-state index contributed by atoms with van der Waals surface area (Å²) in [6, 6.07) is 7.46. The zero-order valence-corrected chi connectivity index (χ0v) is 12.2. The number of rotatable bonds is 7. The molecule has 1 aromatic rings. The Morgan fingerprint density at radius 3 is 2.50 bits per heavy atom. The Labute approximate surface area is 119 Å². The molecule has 0 radical (unpaired) electrons. The fourth-order valence-electron chi connectivity index (χ4n) is 1.95. The molecule has 110 valence electrons. The maximum Gasteiger partial charge on any atom is 0.323 e. The lowest BCUT2D eigenvalue weighted by atomic mass is 9.96. The van der Waals surface area contributed by atoms with Crippen LogP contribution >= 0.6 is 0 Å². The summed E-state index contributed by atoms with van der Waals surface area (Å²) in [5, 5.41) is 14.8. The lowest BCUT2D eigenvalue weighted by Gasteiger charge is -2.25. The minimum atomic E-state index is -1.07. The van der Waals surface area contributed by atoms with E-state index in [1.807, 2.05) is 38.1 Å². The molecule has 1 atom stereocenters. The molecule has 0 aromatic heterocycles. The van der Waals surface area contributed by atoms with E-state index >= 15 is 0 Å². The Bertz CT molecular complexity index is 488. The average molecular weight is 278 g/mol. The van der Waals surface area contributed by atoms with Gasteiger partial charge in [-0.3, -0.25) is 14.9 Å². The minimum absolute atomic E-state index is 0.0306. The van der Waals surface area contributed by atoms with E-state index < -0.39 is 11.5 Å². The summed E-state index contributed by atoms with van der Waals surface area (Å²) >= 11 is 0. The minimum Gasteiger partial charge on any atom is -0.480 e. The Kier molecular flexibility index (Phi) is 5.70. The highest BCUT2D eigenvalue weighted by molar-refractivity contribution is 5.93. The van der Waals surface area contributed by atoms with Crippen molar-refractivity contribution in [2.24, 2.45) is 0 Å². The van der Waals surface area contributed by atoms with Crippen LogP contribution in [0.5, 0.6) is 0 Å². The predicted molar refractivity (Wildman–Crippen MR) is 78.8 cm³/mol. The summed E-state index contributed by atoms with van der Waals surface area (Å²) in [7, 11) is 0. The number of hydrogen-bond donors (Lipinski definition) is 3. The lowest BCUT2D eigenvalue weighted by Crippen LogP contribution is -2.51. The molecule has 3 N–H and O–H groups in total. The Morgan fingerprint density at radius 1 is 1.30 bits per heavy atom. The molecule has 20 heavy (non-hydrogen) atoms. The van der Waals surface area contributed by atoms with Crippen molar-refractivity contribution >= 4 is 17.6 Å². The SMILES string of the molecule is CCCC(C)(NCC(=O)Nc1ccccc1C)C(=O)O. The van der Waals surface area contributed by atoms with Crippen LogP contribution in [0.3, 0.4) is 0 Å². The molecule has 1 aromatic carbocycles. The lowest BCUT2D eigenvalue weighted by molar-refractivity contribution is -0.144. The molecule has 5 heteroatoms. The second-order valence-electron chi connectivity index (χ2n) is 5.10. The van der Waals surface area contributed by atoms with E-state index in [-0.39, 0.29) is 12.5 Å². The van der Waals surface area contributed by atoms with Crippen LogP contribution in [0, 0.1) is 6.92 Å². The average Bonchev–Trinajstić information content (AvgIpc) is 2.39. The standard InChI is InChI=1S/C15H22N2O3/c1-4-9-15(3,14(19)20)16-10-13(18)17-12-8-6-5-7-11(12)2/h5-8,16H,4,9-10H2,1-3H3,(H,17,18)(H,19,20). The maximum absolute atomic E-state index is 11.9. The van der Waals surface area contributed by atoms with Crippen molar-refractivity contribution in [3.8, 4) is 0 Å². The van der Waals surface area contributed by atoms with Crippen molar-refractivity contribution in [1.82, 2.24) is 5.32 Å². The first kappa shape index (κ1) is 16.2. The van der Waals surface area contributed by atoms with Crippen LogP contribution in [0.25, 0.3) is 0 Å². The van der Waals surface area contributed by atoms with Gasteiger partial charge in [0.1, 0.15) is 5.54 Å². The second-order valence-corrected chi connectivity index (χ2v) is 5.10. The number of hydrogen-bond acceptors (Lipinski definition) is 3. The third-order valence-electron chi connectivity index (χ3n) is 3.28. The summed E-state index contributed by atoms with van der Waals surface area (Å²) in [4.78, 5) is 23.1. The summed E-state index contributed by atoms with van der Waals surface area (Å²) in [5.74, 6) is -1.19. The number of carboxylic acids is 1. The molecule has 0 spiro atoms. The number of nitrogens with one attached hydrogen (secondary N) is 2. The summed E-state index contributed by atoms with van der Waals surface area (Å²) in [5.41, 5.74) is 0.639.